The Bertz CT molecular complexity index is 2030. The largest absolute Gasteiger partial charge is 0.355 e. The van der Waals surface area contributed by atoms with Crippen LogP contribution in [0.2, 0.25) is 0 Å². The summed E-state index contributed by atoms with van der Waals surface area (Å²) in [6, 6.07) is 35.8. The third-order valence-electron chi connectivity index (χ3n) is 8.52. The van der Waals surface area contributed by atoms with Crippen molar-refractivity contribution in [2.24, 2.45) is 0 Å². The van der Waals surface area contributed by atoms with Crippen LogP contribution in [0.4, 0.5) is 0 Å². The number of aryl methyl sites for hydroxylation is 2. The average molecular weight is 514 g/mol. The van der Waals surface area contributed by atoms with Gasteiger partial charge in [-0.2, -0.15) is 0 Å². The second kappa shape index (κ2) is 9.39. The maximum atomic E-state index is 4.07. The van der Waals surface area contributed by atoms with E-state index in [-0.39, 0.29) is 0 Å². The Morgan fingerprint density at radius 1 is 0.575 bits per heavy atom. The lowest BCUT2D eigenvalue weighted by Crippen LogP contribution is -1.88. The molecule has 0 bridgehead atoms. The topological polar surface area (TPSA) is 15.8 Å². The van der Waals surface area contributed by atoms with Gasteiger partial charge in [0.25, 0.3) is 0 Å². The molecule has 0 fully saturated rings. The number of H-pyrrole nitrogens is 1. The van der Waals surface area contributed by atoms with Crippen molar-refractivity contribution in [2.45, 2.75) is 20.3 Å². The molecule has 6 aromatic rings. The van der Waals surface area contributed by atoms with Crippen LogP contribution in [0.3, 0.4) is 0 Å². The molecule has 1 nitrogen and oxygen atoms in total. The molecule has 0 saturated carbocycles. The number of aromatic nitrogens is 1. The smallest absolute Gasteiger partial charge is 0.0465 e. The molecule has 1 aromatic heterocycles. The van der Waals surface area contributed by atoms with Gasteiger partial charge in [0, 0.05) is 21.8 Å². The molecule has 0 atom stereocenters. The highest BCUT2D eigenvalue weighted by Gasteiger charge is 2.19. The Kier molecular flexibility index (Phi) is 5.68. The monoisotopic (exact) mass is 513 g/mol. The Hall–Kier alpha value is -4.88. The fourth-order valence-corrected chi connectivity index (χ4v) is 6.28. The summed E-state index contributed by atoms with van der Waals surface area (Å²) in [5.74, 6) is 0. The number of nitrogens with one attached hydrogen (secondary N) is 1. The van der Waals surface area contributed by atoms with Crippen molar-refractivity contribution in [2.75, 3.05) is 0 Å². The standard InChI is InChI=1S/C39H31N/c1-5-26-19-31-14-13-28(21-35(31)32(26)6-2)30-16-18-39-37(23-30)36-22-29(15-17-38(36)40-39)27-12-11-25(4)34(20-27)33-10-8-7-9-24(33)3/h5-18,20-23,40H,1-2,19H2,3-4H3. The predicted octanol–water partition coefficient (Wildman–Crippen LogP) is 10.6. The van der Waals surface area contributed by atoms with E-state index in [9.17, 15) is 0 Å². The van der Waals surface area contributed by atoms with E-state index < -0.39 is 0 Å². The fourth-order valence-electron chi connectivity index (χ4n) is 6.28. The Labute approximate surface area is 235 Å². The van der Waals surface area contributed by atoms with Crippen LogP contribution < -0.4 is 0 Å². The number of allylic oxidation sites excluding steroid dienone is 4. The SMILES string of the molecule is C=CC1=C(C=C)c2cc(-c3ccc4[nH]c5ccc(-c6ccc(C)c(-c7ccccc7C)c6)cc5c4c3)ccc2C1. The van der Waals surface area contributed by atoms with Crippen LogP contribution in [0.25, 0.3) is 60.8 Å². The van der Waals surface area contributed by atoms with Crippen molar-refractivity contribution in [1.82, 2.24) is 4.98 Å². The lowest BCUT2D eigenvalue weighted by atomic mass is 9.92. The molecule has 0 spiro atoms. The molecular formula is C39H31N. The minimum Gasteiger partial charge on any atom is -0.355 e. The molecule has 0 amide bonds. The zero-order chi connectivity index (χ0) is 27.4. The lowest BCUT2D eigenvalue weighted by molar-refractivity contribution is 1.25. The molecular weight excluding hydrogens is 482 g/mol. The van der Waals surface area contributed by atoms with Gasteiger partial charge < -0.3 is 4.98 Å². The van der Waals surface area contributed by atoms with E-state index in [1.165, 1.54) is 77.6 Å². The summed E-state index contributed by atoms with van der Waals surface area (Å²) in [6.45, 7) is 12.5. The molecule has 1 N–H and O–H groups in total. The van der Waals surface area contributed by atoms with Gasteiger partial charge in [0.2, 0.25) is 0 Å². The molecule has 40 heavy (non-hydrogen) atoms. The van der Waals surface area contributed by atoms with Crippen molar-refractivity contribution in [1.29, 1.82) is 0 Å². The average Bonchev–Trinajstić information content (AvgIpc) is 3.54. The summed E-state index contributed by atoms with van der Waals surface area (Å²) < 4.78 is 0. The van der Waals surface area contributed by atoms with Crippen molar-refractivity contribution in [3.63, 3.8) is 0 Å². The van der Waals surface area contributed by atoms with Gasteiger partial charge in [-0.3, -0.25) is 0 Å². The van der Waals surface area contributed by atoms with Gasteiger partial charge >= 0.3 is 0 Å². The fraction of sp³-hybridized carbons (Fsp3) is 0.0769. The van der Waals surface area contributed by atoms with Gasteiger partial charge in [-0.25, -0.2) is 0 Å². The molecule has 5 aromatic carbocycles. The summed E-state index contributed by atoms with van der Waals surface area (Å²) in [4.78, 5) is 3.63. The Morgan fingerprint density at radius 2 is 1.15 bits per heavy atom. The third kappa shape index (κ3) is 3.86. The van der Waals surface area contributed by atoms with E-state index >= 15 is 0 Å². The molecule has 1 heteroatoms. The lowest BCUT2D eigenvalue weighted by Gasteiger charge is -2.12. The highest BCUT2D eigenvalue weighted by atomic mass is 14.7. The normalized spacial score (nSPS) is 12.8. The van der Waals surface area contributed by atoms with Crippen molar-refractivity contribution < 1.29 is 0 Å². The maximum Gasteiger partial charge on any atom is 0.0465 e. The van der Waals surface area contributed by atoms with Gasteiger partial charge in [0.1, 0.15) is 0 Å². The van der Waals surface area contributed by atoms with Crippen molar-refractivity contribution in [3.8, 4) is 33.4 Å². The predicted molar refractivity (Wildman–Crippen MR) is 173 cm³/mol. The first kappa shape index (κ1) is 24.2. The van der Waals surface area contributed by atoms with E-state index in [0.717, 1.165) is 17.5 Å². The zero-order valence-electron chi connectivity index (χ0n) is 23.0. The van der Waals surface area contributed by atoms with E-state index in [1.807, 2.05) is 12.2 Å². The van der Waals surface area contributed by atoms with Crippen molar-refractivity contribution in [3.05, 3.63) is 150 Å². The number of rotatable bonds is 5. The second-order valence-corrected chi connectivity index (χ2v) is 10.9. The number of hydrogen-bond donors (Lipinski definition) is 1. The van der Waals surface area contributed by atoms with Crippen LogP contribution in [0.5, 0.6) is 0 Å². The minimum atomic E-state index is 0.926. The second-order valence-electron chi connectivity index (χ2n) is 10.9. The first-order chi connectivity index (χ1) is 19.5. The van der Waals surface area contributed by atoms with Crippen LogP contribution in [-0.4, -0.2) is 4.98 Å². The molecule has 0 saturated heterocycles. The van der Waals surface area contributed by atoms with Gasteiger partial charge in [-0.15, -0.1) is 0 Å². The summed E-state index contributed by atoms with van der Waals surface area (Å²) in [6.07, 6.45) is 4.85. The molecule has 1 heterocycles. The number of fused-ring (bicyclic) bond motifs is 4. The Morgan fingerprint density at radius 3 is 1.80 bits per heavy atom. The quantitative estimate of drug-likeness (QED) is 0.236. The third-order valence-corrected chi connectivity index (χ3v) is 8.52. The highest BCUT2D eigenvalue weighted by Crippen LogP contribution is 2.39. The van der Waals surface area contributed by atoms with Gasteiger partial charge in [0.05, 0.1) is 0 Å². The van der Waals surface area contributed by atoms with Gasteiger partial charge in [-0.1, -0.05) is 86.0 Å². The maximum absolute atomic E-state index is 4.07. The van der Waals surface area contributed by atoms with E-state index in [1.54, 1.807) is 0 Å². The van der Waals surface area contributed by atoms with Crippen LogP contribution in [0.15, 0.2) is 128 Å². The highest BCUT2D eigenvalue weighted by molar-refractivity contribution is 6.10. The van der Waals surface area contributed by atoms with Crippen LogP contribution >= 0.6 is 0 Å². The molecule has 0 aliphatic heterocycles. The van der Waals surface area contributed by atoms with Crippen molar-refractivity contribution >= 4 is 27.4 Å². The summed E-state index contributed by atoms with van der Waals surface area (Å²) in [7, 11) is 0. The summed E-state index contributed by atoms with van der Waals surface area (Å²) >= 11 is 0. The number of benzene rings is 5. The molecule has 1 aliphatic carbocycles. The van der Waals surface area contributed by atoms with Crippen LogP contribution in [0.1, 0.15) is 22.3 Å². The molecule has 192 valence electrons. The zero-order valence-corrected chi connectivity index (χ0v) is 23.0. The van der Waals surface area contributed by atoms with E-state index in [2.05, 4.69) is 129 Å². The number of hydrogen-bond acceptors (Lipinski definition) is 0. The van der Waals surface area contributed by atoms with Crippen LogP contribution in [0, 0.1) is 13.8 Å². The minimum absolute atomic E-state index is 0.926. The first-order valence-electron chi connectivity index (χ1n) is 13.9. The van der Waals surface area contributed by atoms with E-state index in [0.29, 0.717) is 0 Å². The molecule has 1 aliphatic rings. The summed E-state index contributed by atoms with van der Waals surface area (Å²) in [5, 5.41) is 2.49. The summed E-state index contributed by atoms with van der Waals surface area (Å²) in [5.41, 5.74) is 17.5. The number of aromatic amines is 1. The van der Waals surface area contributed by atoms with Gasteiger partial charge in [-0.05, 0) is 123 Å². The van der Waals surface area contributed by atoms with Gasteiger partial charge in [0.15, 0.2) is 0 Å². The molecule has 7 rings (SSSR count). The van der Waals surface area contributed by atoms with E-state index in [4.69, 9.17) is 0 Å². The molecule has 0 radical (unpaired) electrons. The Balaban J connectivity index is 1.33. The first-order valence-corrected chi connectivity index (χ1v) is 13.9. The van der Waals surface area contributed by atoms with Crippen LogP contribution in [-0.2, 0) is 6.42 Å². The molecule has 0 unspecified atom stereocenters.